The molecule has 0 saturated heterocycles. The van der Waals surface area contributed by atoms with Crippen LogP contribution in [0.15, 0.2) is 48.5 Å². The summed E-state index contributed by atoms with van der Waals surface area (Å²) in [5.41, 5.74) is 1.16. The van der Waals surface area contributed by atoms with E-state index in [9.17, 15) is 9.18 Å². The third-order valence-corrected chi connectivity index (χ3v) is 2.88. The molecule has 0 saturated carbocycles. The van der Waals surface area contributed by atoms with Gasteiger partial charge in [0.05, 0.1) is 6.54 Å². The fraction of sp³-hybridized carbons (Fsp3) is 0.235. The summed E-state index contributed by atoms with van der Waals surface area (Å²) < 4.78 is 23.6. The molecular weight excluding hydrogens is 285 g/mol. The largest absolute Gasteiger partial charge is 0.492 e. The van der Waals surface area contributed by atoms with Gasteiger partial charge in [0.2, 0.25) is 0 Å². The minimum Gasteiger partial charge on any atom is -0.492 e. The normalized spacial score (nSPS) is 10.1. The summed E-state index contributed by atoms with van der Waals surface area (Å²) in [6.45, 7) is 2.59. The number of benzene rings is 2. The molecule has 4 nitrogen and oxygen atoms in total. The molecule has 1 N–H and O–H groups in total. The zero-order valence-electron chi connectivity index (χ0n) is 12.3. The highest BCUT2D eigenvalue weighted by Crippen LogP contribution is 2.12. The zero-order chi connectivity index (χ0) is 15.8. The van der Waals surface area contributed by atoms with E-state index in [4.69, 9.17) is 9.47 Å². The molecular formula is C17H18FNO3. The van der Waals surface area contributed by atoms with Gasteiger partial charge in [-0.1, -0.05) is 23.8 Å². The fourth-order valence-corrected chi connectivity index (χ4v) is 1.75. The highest BCUT2D eigenvalue weighted by Gasteiger charge is 2.03. The molecule has 0 unspecified atom stereocenters. The number of ether oxygens (including phenoxy) is 2. The lowest BCUT2D eigenvalue weighted by atomic mass is 10.2. The maximum atomic E-state index is 12.9. The van der Waals surface area contributed by atoms with E-state index in [2.05, 4.69) is 5.32 Å². The van der Waals surface area contributed by atoms with Crippen LogP contribution in [0.4, 0.5) is 4.39 Å². The number of aryl methyl sites for hydroxylation is 1. The van der Waals surface area contributed by atoms with Gasteiger partial charge in [-0.2, -0.15) is 0 Å². The summed E-state index contributed by atoms with van der Waals surface area (Å²) in [6, 6.07) is 13.3. The van der Waals surface area contributed by atoms with Crippen LogP contribution in [0.5, 0.6) is 11.5 Å². The molecule has 1 amide bonds. The van der Waals surface area contributed by atoms with Gasteiger partial charge in [-0.15, -0.1) is 0 Å². The lowest BCUT2D eigenvalue weighted by molar-refractivity contribution is -0.123. The van der Waals surface area contributed by atoms with Gasteiger partial charge in [0.1, 0.15) is 23.9 Å². The molecule has 2 rings (SSSR count). The molecule has 0 aliphatic heterocycles. The van der Waals surface area contributed by atoms with Crippen molar-refractivity contribution in [1.29, 1.82) is 0 Å². The molecule has 0 aromatic heterocycles. The van der Waals surface area contributed by atoms with Crippen LogP contribution in [0, 0.1) is 12.7 Å². The highest BCUT2D eigenvalue weighted by atomic mass is 19.1. The molecule has 116 valence electrons. The SMILES string of the molecule is Cc1ccc(OCCNC(=O)COc2cccc(F)c2)cc1. The van der Waals surface area contributed by atoms with Gasteiger partial charge in [-0.05, 0) is 31.2 Å². The Kier molecular flexibility index (Phi) is 5.77. The lowest BCUT2D eigenvalue weighted by Gasteiger charge is -2.09. The van der Waals surface area contributed by atoms with E-state index < -0.39 is 5.82 Å². The summed E-state index contributed by atoms with van der Waals surface area (Å²) in [6.07, 6.45) is 0. The second kappa shape index (κ2) is 8.02. The van der Waals surface area contributed by atoms with Crippen molar-refractivity contribution in [3.05, 3.63) is 59.9 Å². The van der Waals surface area contributed by atoms with Crippen LogP contribution in [-0.4, -0.2) is 25.7 Å². The quantitative estimate of drug-likeness (QED) is 0.800. The second-order valence-corrected chi connectivity index (χ2v) is 4.76. The van der Waals surface area contributed by atoms with Crippen molar-refractivity contribution in [3.8, 4) is 11.5 Å². The Hall–Kier alpha value is -2.56. The van der Waals surface area contributed by atoms with Gasteiger partial charge in [-0.25, -0.2) is 4.39 Å². The van der Waals surface area contributed by atoms with Gasteiger partial charge in [-0.3, -0.25) is 4.79 Å². The number of carbonyl (C=O) groups excluding carboxylic acids is 1. The van der Waals surface area contributed by atoms with E-state index in [1.54, 1.807) is 6.07 Å². The van der Waals surface area contributed by atoms with Gasteiger partial charge in [0.15, 0.2) is 6.61 Å². The molecule has 0 atom stereocenters. The van der Waals surface area contributed by atoms with Crippen molar-refractivity contribution in [2.45, 2.75) is 6.92 Å². The topological polar surface area (TPSA) is 47.6 Å². The van der Waals surface area contributed by atoms with Gasteiger partial charge in [0.25, 0.3) is 5.91 Å². The predicted octanol–water partition coefficient (Wildman–Crippen LogP) is 2.71. The predicted molar refractivity (Wildman–Crippen MR) is 81.6 cm³/mol. The fourth-order valence-electron chi connectivity index (χ4n) is 1.75. The van der Waals surface area contributed by atoms with Crippen molar-refractivity contribution in [2.75, 3.05) is 19.8 Å². The first-order valence-corrected chi connectivity index (χ1v) is 6.98. The molecule has 0 aliphatic carbocycles. The first-order valence-electron chi connectivity index (χ1n) is 6.98. The summed E-state index contributed by atoms with van der Waals surface area (Å²) >= 11 is 0. The molecule has 0 fully saturated rings. The monoisotopic (exact) mass is 303 g/mol. The summed E-state index contributed by atoms with van der Waals surface area (Å²) in [4.78, 5) is 11.6. The second-order valence-electron chi connectivity index (χ2n) is 4.76. The van der Waals surface area contributed by atoms with E-state index in [1.165, 1.54) is 18.2 Å². The van der Waals surface area contributed by atoms with Crippen molar-refractivity contribution in [3.63, 3.8) is 0 Å². The van der Waals surface area contributed by atoms with E-state index in [0.717, 1.165) is 11.3 Å². The van der Waals surface area contributed by atoms with Crippen LogP contribution in [0.3, 0.4) is 0 Å². The van der Waals surface area contributed by atoms with Crippen LogP contribution in [0.1, 0.15) is 5.56 Å². The minimum absolute atomic E-state index is 0.159. The zero-order valence-corrected chi connectivity index (χ0v) is 12.3. The average Bonchev–Trinajstić information content (AvgIpc) is 2.51. The average molecular weight is 303 g/mol. The summed E-state index contributed by atoms with van der Waals surface area (Å²) in [5.74, 6) is 0.406. The molecule has 2 aromatic carbocycles. The Balaban J connectivity index is 1.62. The van der Waals surface area contributed by atoms with Crippen LogP contribution < -0.4 is 14.8 Å². The molecule has 0 radical (unpaired) electrons. The summed E-state index contributed by atoms with van der Waals surface area (Å²) in [5, 5.41) is 2.67. The number of halogens is 1. The first-order chi connectivity index (χ1) is 10.6. The Morgan fingerprint density at radius 2 is 1.86 bits per heavy atom. The summed E-state index contributed by atoms with van der Waals surface area (Å²) in [7, 11) is 0. The number of rotatable bonds is 7. The van der Waals surface area contributed by atoms with E-state index in [-0.39, 0.29) is 12.5 Å². The molecule has 22 heavy (non-hydrogen) atoms. The number of amides is 1. The highest BCUT2D eigenvalue weighted by molar-refractivity contribution is 5.77. The maximum absolute atomic E-state index is 12.9. The molecule has 0 heterocycles. The molecule has 0 bridgehead atoms. The minimum atomic E-state index is -0.399. The molecule has 5 heteroatoms. The van der Waals surface area contributed by atoms with E-state index in [1.807, 2.05) is 31.2 Å². The number of nitrogens with one attached hydrogen (secondary N) is 1. The maximum Gasteiger partial charge on any atom is 0.258 e. The van der Waals surface area contributed by atoms with E-state index in [0.29, 0.717) is 18.9 Å². The Bertz CT molecular complexity index is 614. The van der Waals surface area contributed by atoms with Gasteiger partial charge >= 0.3 is 0 Å². The number of carbonyl (C=O) groups is 1. The van der Waals surface area contributed by atoms with Crippen LogP contribution >= 0.6 is 0 Å². The Morgan fingerprint density at radius 3 is 2.59 bits per heavy atom. The van der Waals surface area contributed by atoms with Crippen LogP contribution in [-0.2, 0) is 4.79 Å². The van der Waals surface area contributed by atoms with Crippen molar-refractivity contribution < 1.29 is 18.7 Å². The third kappa shape index (κ3) is 5.44. The van der Waals surface area contributed by atoms with Crippen LogP contribution in [0.2, 0.25) is 0 Å². The van der Waals surface area contributed by atoms with Gasteiger partial charge < -0.3 is 14.8 Å². The standard InChI is InChI=1S/C17H18FNO3/c1-13-5-7-15(8-6-13)21-10-9-19-17(20)12-22-16-4-2-3-14(18)11-16/h2-8,11H,9-10,12H2,1H3,(H,19,20). The molecule has 0 spiro atoms. The Morgan fingerprint density at radius 1 is 1.09 bits per heavy atom. The van der Waals surface area contributed by atoms with Gasteiger partial charge in [0, 0.05) is 6.07 Å². The third-order valence-electron chi connectivity index (χ3n) is 2.88. The number of hydrogen-bond acceptors (Lipinski definition) is 3. The van der Waals surface area contributed by atoms with E-state index >= 15 is 0 Å². The number of hydrogen-bond donors (Lipinski definition) is 1. The van der Waals surface area contributed by atoms with Crippen LogP contribution in [0.25, 0.3) is 0 Å². The first kappa shape index (κ1) is 15.8. The van der Waals surface area contributed by atoms with Crippen molar-refractivity contribution in [2.24, 2.45) is 0 Å². The smallest absolute Gasteiger partial charge is 0.258 e. The van der Waals surface area contributed by atoms with Crippen molar-refractivity contribution >= 4 is 5.91 Å². The molecule has 0 aliphatic rings. The Labute approximate surface area is 128 Å². The lowest BCUT2D eigenvalue weighted by Crippen LogP contribution is -2.32. The van der Waals surface area contributed by atoms with Crippen molar-refractivity contribution in [1.82, 2.24) is 5.32 Å². The molecule has 2 aromatic rings.